The van der Waals surface area contributed by atoms with E-state index >= 15 is 0 Å². The SMILES string of the molecule is C=C/C=C\C(=C/C=C)OCC. The van der Waals surface area contributed by atoms with E-state index in [4.69, 9.17) is 4.74 Å². The molecule has 0 bridgehead atoms. The molecule has 0 fully saturated rings. The molecule has 0 spiro atoms. The summed E-state index contributed by atoms with van der Waals surface area (Å²) in [6.07, 6.45) is 8.88. The minimum atomic E-state index is 0.668. The van der Waals surface area contributed by atoms with Gasteiger partial charge in [0.15, 0.2) is 0 Å². The molecular formula is C10H14O. The van der Waals surface area contributed by atoms with Gasteiger partial charge in [-0.3, -0.25) is 0 Å². The van der Waals surface area contributed by atoms with Crippen LogP contribution in [0.4, 0.5) is 0 Å². The predicted molar refractivity (Wildman–Crippen MR) is 49.2 cm³/mol. The Morgan fingerprint density at radius 1 is 1.36 bits per heavy atom. The monoisotopic (exact) mass is 150 g/mol. The molecule has 0 unspecified atom stereocenters. The maximum Gasteiger partial charge on any atom is 0.119 e. The molecule has 0 atom stereocenters. The summed E-state index contributed by atoms with van der Waals surface area (Å²) in [5.41, 5.74) is 0. The Morgan fingerprint density at radius 2 is 2.09 bits per heavy atom. The smallest absolute Gasteiger partial charge is 0.119 e. The first kappa shape index (κ1) is 9.76. The average Bonchev–Trinajstić information content (AvgIpc) is 2.01. The first-order valence-electron chi connectivity index (χ1n) is 3.59. The summed E-state index contributed by atoms with van der Waals surface area (Å²) in [7, 11) is 0. The molecule has 11 heavy (non-hydrogen) atoms. The first-order chi connectivity index (χ1) is 5.35. The van der Waals surface area contributed by atoms with Gasteiger partial charge in [-0.05, 0) is 19.1 Å². The normalized spacial score (nSPS) is 11.5. The summed E-state index contributed by atoms with van der Waals surface area (Å²) < 4.78 is 5.24. The van der Waals surface area contributed by atoms with E-state index in [0.29, 0.717) is 6.61 Å². The summed E-state index contributed by atoms with van der Waals surface area (Å²) in [4.78, 5) is 0. The van der Waals surface area contributed by atoms with Crippen LogP contribution in [0.15, 0.2) is 49.3 Å². The van der Waals surface area contributed by atoms with Crippen LogP contribution < -0.4 is 0 Å². The maximum atomic E-state index is 5.24. The van der Waals surface area contributed by atoms with Crippen molar-refractivity contribution < 1.29 is 4.74 Å². The van der Waals surface area contributed by atoms with Gasteiger partial charge < -0.3 is 4.74 Å². The number of rotatable bonds is 5. The summed E-state index contributed by atoms with van der Waals surface area (Å²) in [6.45, 7) is 9.74. The molecule has 1 nitrogen and oxygen atoms in total. The average molecular weight is 150 g/mol. The third-order valence-electron chi connectivity index (χ3n) is 0.990. The van der Waals surface area contributed by atoms with Crippen molar-refractivity contribution in [2.24, 2.45) is 0 Å². The van der Waals surface area contributed by atoms with Crippen LogP contribution in [0.2, 0.25) is 0 Å². The minimum Gasteiger partial charge on any atom is -0.494 e. The molecule has 0 N–H and O–H groups in total. The fourth-order valence-electron chi connectivity index (χ4n) is 0.597. The van der Waals surface area contributed by atoms with Gasteiger partial charge in [0.1, 0.15) is 5.76 Å². The molecule has 0 radical (unpaired) electrons. The van der Waals surface area contributed by atoms with Crippen molar-refractivity contribution in [3.8, 4) is 0 Å². The van der Waals surface area contributed by atoms with Crippen molar-refractivity contribution in [3.63, 3.8) is 0 Å². The minimum absolute atomic E-state index is 0.668. The molecule has 0 amide bonds. The Labute approximate surface area is 68.4 Å². The molecule has 60 valence electrons. The lowest BCUT2D eigenvalue weighted by molar-refractivity contribution is 0.242. The van der Waals surface area contributed by atoms with Gasteiger partial charge in [0, 0.05) is 0 Å². The number of hydrogen-bond donors (Lipinski definition) is 0. The first-order valence-corrected chi connectivity index (χ1v) is 3.59. The molecule has 0 heterocycles. The van der Waals surface area contributed by atoms with E-state index in [1.807, 2.05) is 25.2 Å². The van der Waals surface area contributed by atoms with Gasteiger partial charge in [-0.2, -0.15) is 0 Å². The van der Waals surface area contributed by atoms with Gasteiger partial charge >= 0.3 is 0 Å². The van der Waals surface area contributed by atoms with Crippen LogP contribution in [0.1, 0.15) is 6.92 Å². The van der Waals surface area contributed by atoms with Crippen LogP contribution in [0.5, 0.6) is 0 Å². The Kier molecular flexibility index (Phi) is 6.10. The van der Waals surface area contributed by atoms with Crippen LogP contribution in [0.25, 0.3) is 0 Å². The molecule has 0 aromatic carbocycles. The lowest BCUT2D eigenvalue weighted by Gasteiger charge is -2.00. The molecule has 0 aliphatic carbocycles. The number of allylic oxidation sites excluding steroid dienone is 5. The third-order valence-corrected chi connectivity index (χ3v) is 0.990. The van der Waals surface area contributed by atoms with E-state index in [0.717, 1.165) is 5.76 Å². The Balaban J connectivity index is 4.09. The highest BCUT2D eigenvalue weighted by Gasteiger charge is 1.85. The Hall–Kier alpha value is -1.24. The summed E-state index contributed by atoms with van der Waals surface area (Å²) in [5, 5.41) is 0. The second-order valence-corrected chi connectivity index (χ2v) is 1.83. The van der Waals surface area contributed by atoms with Gasteiger partial charge in [-0.15, -0.1) is 0 Å². The standard InChI is InChI=1S/C10H14O/c1-4-7-9-10(8-5-2)11-6-3/h4-5,7-9H,1-2,6H2,3H3/b9-7-,10-8+. The van der Waals surface area contributed by atoms with E-state index in [1.54, 1.807) is 12.2 Å². The lowest BCUT2D eigenvalue weighted by atomic mass is 10.4. The Morgan fingerprint density at radius 3 is 2.55 bits per heavy atom. The second-order valence-electron chi connectivity index (χ2n) is 1.83. The summed E-state index contributed by atoms with van der Waals surface area (Å²) in [6, 6.07) is 0. The Bertz CT molecular complexity index is 175. The van der Waals surface area contributed by atoms with Crippen LogP contribution >= 0.6 is 0 Å². The van der Waals surface area contributed by atoms with Crippen molar-refractivity contribution in [1.82, 2.24) is 0 Å². The van der Waals surface area contributed by atoms with Gasteiger partial charge in [-0.1, -0.05) is 31.4 Å². The molecule has 0 aliphatic rings. The number of hydrogen-bond acceptors (Lipinski definition) is 1. The van der Waals surface area contributed by atoms with Crippen LogP contribution in [0, 0.1) is 0 Å². The molecule has 0 rings (SSSR count). The highest BCUT2D eigenvalue weighted by Crippen LogP contribution is 1.99. The highest BCUT2D eigenvalue weighted by molar-refractivity contribution is 5.19. The fourth-order valence-corrected chi connectivity index (χ4v) is 0.597. The van der Waals surface area contributed by atoms with Crippen molar-refractivity contribution in [2.45, 2.75) is 6.92 Å². The van der Waals surface area contributed by atoms with Gasteiger partial charge in [0.05, 0.1) is 6.61 Å². The van der Waals surface area contributed by atoms with E-state index in [1.165, 1.54) is 0 Å². The largest absolute Gasteiger partial charge is 0.494 e. The fraction of sp³-hybridized carbons (Fsp3) is 0.200. The lowest BCUT2D eigenvalue weighted by Crippen LogP contribution is -1.86. The zero-order valence-electron chi connectivity index (χ0n) is 6.92. The van der Waals surface area contributed by atoms with E-state index in [-0.39, 0.29) is 0 Å². The summed E-state index contributed by atoms with van der Waals surface area (Å²) >= 11 is 0. The maximum absolute atomic E-state index is 5.24. The molecular weight excluding hydrogens is 136 g/mol. The highest BCUT2D eigenvalue weighted by atomic mass is 16.5. The van der Waals surface area contributed by atoms with Gasteiger partial charge in [-0.25, -0.2) is 0 Å². The van der Waals surface area contributed by atoms with E-state index in [9.17, 15) is 0 Å². The number of ether oxygens (including phenoxy) is 1. The molecule has 0 saturated carbocycles. The van der Waals surface area contributed by atoms with Crippen LogP contribution in [-0.4, -0.2) is 6.61 Å². The topological polar surface area (TPSA) is 9.23 Å². The second kappa shape index (κ2) is 6.87. The van der Waals surface area contributed by atoms with Crippen molar-refractivity contribution >= 4 is 0 Å². The molecule has 0 saturated heterocycles. The summed E-state index contributed by atoms with van der Waals surface area (Å²) in [5.74, 6) is 0.808. The van der Waals surface area contributed by atoms with Crippen molar-refractivity contribution in [2.75, 3.05) is 6.61 Å². The van der Waals surface area contributed by atoms with Crippen molar-refractivity contribution in [3.05, 3.63) is 49.3 Å². The van der Waals surface area contributed by atoms with Crippen molar-refractivity contribution in [1.29, 1.82) is 0 Å². The third kappa shape index (κ3) is 5.22. The van der Waals surface area contributed by atoms with Gasteiger partial charge in [0.2, 0.25) is 0 Å². The zero-order chi connectivity index (χ0) is 8.53. The van der Waals surface area contributed by atoms with Crippen LogP contribution in [0.3, 0.4) is 0 Å². The zero-order valence-corrected chi connectivity index (χ0v) is 6.92. The molecule has 0 aromatic rings. The van der Waals surface area contributed by atoms with E-state index in [2.05, 4.69) is 13.2 Å². The quantitative estimate of drug-likeness (QED) is 0.432. The van der Waals surface area contributed by atoms with Crippen LogP contribution in [-0.2, 0) is 4.74 Å². The molecule has 0 aromatic heterocycles. The molecule has 0 aliphatic heterocycles. The molecule has 1 heteroatoms. The van der Waals surface area contributed by atoms with E-state index < -0.39 is 0 Å². The predicted octanol–water partition coefficient (Wildman–Crippen LogP) is 2.84. The van der Waals surface area contributed by atoms with Gasteiger partial charge in [0.25, 0.3) is 0 Å².